The average molecular weight is 331 g/mol. The highest BCUT2D eigenvalue weighted by Gasteiger charge is 2.16. The van der Waals surface area contributed by atoms with Crippen molar-refractivity contribution in [1.29, 1.82) is 0 Å². The van der Waals surface area contributed by atoms with Crippen LogP contribution in [0.4, 0.5) is 0 Å². The Bertz CT molecular complexity index is 433. The van der Waals surface area contributed by atoms with E-state index in [0.717, 1.165) is 13.0 Å². The molecule has 2 nitrogen and oxygen atoms in total. The Morgan fingerprint density at radius 1 is 1.14 bits per heavy atom. The van der Waals surface area contributed by atoms with Crippen LogP contribution in [0.1, 0.15) is 45.2 Å². The fraction of sp³-hybridized carbons (Fsp3) is 0.647. The molecule has 0 saturated carbocycles. The quantitative estimate of drug-likeness (QED) is 0.720. The van der Waals surface area contributed by atoms with Gasteiger partial charge < -0.3 is 10.2 Å². The highest BCUT2D eigenvalue weighted by atomic mass is 35.5. The van der Waals surface area contributed by atoms with Crippen molar-refractivity contribution in [3.63, 3.8) is 0 Å². The summed E-state index contributed by atoms with van der Waals surface area (Å²) in [6.45, 7) is 7.71. The molecule has 1 N–H and O–H groups in total. The summed E-state index contributed by atoms with van der Waals surface area (Å²) in [5, 5.41) is 4.91. The van der Waals surface area contributed by atoms with Crippen molar-refractivity contribution in [2.75, 3.05) is 20.6 Å². The van der Waals surface area contributed by atoms with Gasteiger partial charge in [-0.15, -0.1) is 0 Å². The first kappa shape index (κ1) is 18.8. The van der Waals surface area contributed by atoms with Gasteiger partial charge in [0.1, 0.15) is 0 Å². The minimum atomic E-state index is 0.314. The molecule has 1 aromatic rings. The molecular weight excluding hydrogens is 303 g/mol. The molecule has 0 saturated heterocycles. The minimum absolute atomic E-state index is 0.314. The third-order valence-corrected chi connectivity index (χ3v) is 4.57. The van der Waals surface area contributed by atoms with E-state index in [1.54, 1.807) is 0 Å². The second-order valence-corrected chi connectivity index (χ2v) is 7.10. The van der Waals surface area contributed by atoms with Gasteiger partial charge in [0.05, 0.1) is 10.0 Å². The van der Waals surface area contributed by atoms with Crippen LogP contribution in [0.3, 0.4) is 0 Å². The summed E-state index contributed by atoms with van der Waals surface area (Å²) < 4.78 is 0. The molecule has 0 aliphatic heterocycles. The molecule has 0 aliphatic rings. The van der Waals surface area contributed by atoms with Crippen molar-refractivity contribution in [1.82, 2.24) is 10.2 Å². The average Bonchev–Trinajstić information content (AvgIpc) is 2.41. The predicted molar refractivity (Wildman–Crippen MR) is 94.4 cm³/mol. The van der Waals surface area contributed by atoms with Crippen LogP contribution in [0.25, 0.3) is 0 Å². The summed E-state index contributed by atoms with van der Waals surface area (Å²) >= 11 is 12.1. The van der Waals surface area contributed by atoms with E-state index in [1.807, 2.05) is 12.1 Å². The van der Waals surface area contributed by atoms with E-state index in [1.165, 1.54) is 12.0 Å². The number of halogens is 2. The molecular formula is C17H28Cl2N2. The normalized spacial score (nSPS) is 14.7. The molecule has 120 valence electrons. The Morgan fingerprint density at radius 3 is 2.29 bits per heavy atom. The van der Waals surface area contributed by atoms with E-state index >= 15 is 0 Å². The predicted octanol–water partition coefficient (Wildman–Crippen LogP) is 5.01. The van der Waals surface area contributed by atoms with Gasteiger partial charge >= 0.3 is 0 Å². The maximum atomic E-state index is 6.13. The SMILES string of the molecule is CCC(NCC(CC(C)C)N(C)C)c1ccc(Cl)c(Cl)c1. The van der Waals surface area contributed by atoms with Crippen LogP contribution in [-0.4, -0.2) is 31.6 Å². The highest BCUT2D eigenvalue weighted by Crippen LogP contribution is 2.27. The molecule has 0 amide bonds. The molecule has 1 rings (SSSR count). The van der Waals surface area contributed by atoms with Crippen LogP contribution in [0.5, 0.6) is 0 Å². The number of benzene rings is 1. The first-order valence-corrected chi connectivity index (χ1v) is 8.45. The fourth-order valence-corrected chi connectivity index (χ4v) is 2.83. The van der Waals surface area contributed by atoms with E-state index in [9.17, 15) is 0 Å². The number of hydrogen-bond donors (Lipinski definition) is 1. The maximum Gasteiger partial charge on any atom is 0.0595 e. The number of likely N-dealkylation sites (N-methyl/N-ethyl adjacent to an activating group) is 1. The van der Waals surface area contributed by atoms with Gasteiger partial charge in [-0.25, -0.2) is 0 Å². The van der Waals surface area contributed by atoms with Crippen LogP contribution in [0.2, 0.25) is 10.0 Å². The first-order chi connectivity index (χ1) is 9.85. The van der Waals surface area contributed by atoms with Crippen LogP contribution < -0.4 is 5.32 Å². The molecule has 0 fully saturated rings. The van der Waals surface area contributed by atoms with Crippen molar-refractivity contribution >= 4 is 23.2 Å². The summed E-state index contributed by atoms with van der Waals surface area (Å²) in [5.41, 5.74) is 1.20. The summed E-state index contributed by atoms with van der Waals surface area (Å²) in [6.07, 6.45) is 2.22. The van der Waals surface area contributed by atoms with Gasteiger partial charge in [-0.05, 0) is 50.6 Å². The van der Waals surface area contributed by atoms with Crippen molar-refractivity contribution in [2.24, 2.45) is 5.92 Å². The molecule has 0 spiro atoms. The van der Waals surface area contributed by atoms with Crippen LogP contribution >= 0.6 is 23.2 Å². The lowest BCUT2D eigenvalue weighted by Gasteiger charge is -2.29. The Labute approximate surface area is 139 Å². The molecule has 2 unspecified atom stereocenters. The second kappa shape index (κ2) is 8.99. The first-order valence-electron chi connectivity index (χ1n) is 7.69. The Hall–Kier alpha value is -0.280. The molecule has 2 atom stereocenters. The van der Waals surface area contributed by atoms with Crippen molar-refractivity contribution in [3.8, 4) is 0 Å². The third-order valence-electron chi connectivity index (χ3n) is 3.83. The number of nitrogens with one attached hydrogen (secondary N) is 1. The van der Waals surface area contributed by atoms with Gasteiger partial charge in [-0.1, -0.05) is 50.0 Å². The van der Waals surface area contributed by atoms with Gasteiger partial charge in [0.25, 0.3) is 0 Å². The number of hydrogen-bond acceptors (Lipinski definition) is 2. The van der Waals surface area contributed by atoms with Crippen LogP contribution in [-0.2, 0) is 0 Å². The van der Waals surface area contributed by atoms with E-state index in [2.05, 4.69) is 51.1 Å². The zero-order valence-corrected chi connectivity index (χ0v) is 15.3. The number of rotatable bonds is 8. The summed E-state index contributed by atoms with van der Waals surface area (Å²) in [5.74, 6) is 0.698. The zero-order valence-electron chi connectivity index (χ0n) is 13.8. The molecule has 0 radical (unpaired) electrons. The molecule has 0 aliphatic carbocycles. The van der Waals surface area contributed by atoms with Gasteiger partial charge in [-0.3, -0.25) is 0 Å². The third kappa shape index (κ3) is 6.15. The van der Waals surface area contributed by atoms with Crippen molar-refractivity contribution in [3.05, 3.63) is 33.8 Å². The van der Waals surface area contributed by atoms with Gasteiger partial charge in [-0.2, -0.15) is 0 Å². The summed E-state index contributed by atoms with van der Waals surface area (Å²) in [6, 6.07) is 6.76. The molecule has 4 heteroatoms. The van der Waals surface area contributed by atoms with Gasteiger partial charge in [0.15, 0.2) is 0 Å². The second-order valence-electron chi connectivity index (χ2n) is 6.29. The summed E-state index contributed by atoms with van der Waals surface area (Å²) in [7, 11) is 4.30. The monoisotopic (exact) mass is 330 g/mol. The topological polar surface area (TPSA) is 15.3 Å². The molecule has 21 heavy (non-hydrogen) atoms. The van der Waals surface area contributed by atoms with E-state index in [-0.39, 0.29) is 0 Å². The lowest BCUT2D eigenvalue weighted by atomic mass is 10.0. The van der Waals surface area contributed by atoms with E-state index < -0.39 is 0 Å². The van der Waals surface area contributed by atoms with E-state index in [4.69, 9.17) is 23.2 Å². The number of nitrogens with zero attached hydrogens (tertiary/aromatic N) is 1. The molecule has 0 heterocycles. The molecule has 0 aromatic heterocycles. The van der Waals surface area contributed by atoms with Gasteiger partial charge in [0.2, 0.25) is 0 Å². The fourth-order valence-electron chi connectivity index (χ4n) is 2.53. The highest BCUT2D eigenvalue weighted by molar-refractivity contribution is 6.42. The zero-order chi connectivity index (χ0) is 16.0. The van der Waals surface area contributed by atoms with Crippen LogP contribution in [0.15, 0.2) is 18.2 Å². The Balaban J connectivity index is 2.70. The minimum Gasteiger partial charge on any atom is -0.308 e. The smallest absolute Gasteiger partial charge is 0.0595 e. The van der Waals surface area contributed by atoms with Gasteiger partial charge in [0, 0.05) is 18.6 Å². The Morgan fingerprint density at radius 2 is 1.81 bits per heavy atom. The lowest BCUT2D eigenvalue weighted by Crippen LogP contribution is -2.40. The van der Waals surface area contributed by atoms with Crippen LogP contribution in [0, 0.1) is 5.92 Å². The Kier molecular flexibility index (Phi) is 8.04. The van der Waals surface area contributed by atoms with Crippen molar-refractivity contribution in [2.45, 2.75) is 45.7 Å². The molecule has 1 aromatic carbocycles. The largest absolute Gasteiger partial charge is 0.308 e. The maximum absolute atomic E-state index is 6.13. The summed E-state index contributed by atoms with van der Waals surface area (Å²) in [4.78, 5) is 2.30. The van der Waals surface area contributed by atoms with Crippen molar-refractivity contribution < 1.29 is 0 Å². The standard InChI is InChI=1S/C17H28Cl2N2/c1-6-17(13-7-8-15(18)16(19)10-13)20-11-14(21(4)5)9-12(2)3/h7-8,10,12,14,17,20H,6,9,11H2,1-5H3. The molecule has 0 bridgehead atoms. The lowest BCUT2D eigenvalue weighted by molar-refractivity contribution is 0.239. The van der Waals surface area contributed by atoms with E-state index in [0.29, 0.717) is 28.0 Å².